The van der Waals surface area contributed by atoms with Gasteiger partial charge in [-0.1, -0.05) is 5.16 Å². The quantitative estimate of drug-likeness (QED) is 0.863. The molecule has 8 nitrogen and oxygen atoms in total. The van der Waals surface area contributed by atoms with Crippen molar-refractivity contribution in [1.82, 2.24) is 15.4 Å². The normalized spacial score (nSPS) is 17.8. The summed E-state index contributed by atoms with van der Waals surface area (Å²) < 4.78 is 14.7. The van der Waals surface area contributed by atoms with E-state index in [0.717, 1.165) is 0 Å². The van der Waals surface area contributed by atoms with E-state index in [2.05, 4.69) is 10.5 Å². The van der Waals surface area contributed by atoms with Crippen LogP contribution in [0.5, 0.6) is 0 Å². The van der Waals surface area contributed by atoms with Crippen molar-refractivity contribution in [2.75, 3.05) is 26.8 Å². The molecule has 0 aromatic carbocycles. The summed E-state index contributed by atoms with van der Waals surface area (Å²) in [6, 6.07) is -0.104. The van der Waals surface area contributed by atoms with Crippen molar-refractivity contribution in [3.05, 3.63) is 17.5 Å². The first-order chi connectivity index (χ1) is 10.2. The van der Waals surface area contributed by atoms with Crippen LogP contribution in [0.4, 0.5) is 4.79 Å². The first kappa shape index (κ1) is 15.3. The minimum atomic E-state index is -0.348. The van der Waals surface area contributed by atoms with Gasteiger partial charge >= 0.3 is 6.09 Å². The molecule has 116 valence electrons. The van der Waals surface area contributed by atoms with Crippen LogP contribution in [0.3, 0.4) is 0 Å². The van der Waals surface area contributed by atoms with E-state index in [4.69, 9.17) is 14.0 Å². The Morgan fingerprint density at radius 3 is 3.10 bits per heavy atom. The van der Waals surface area contributed by atoms with Crippen LogP contribution in [0.2, 0.25) is 0 Å². The van der Waals surface area contributed by atoms with Crippen LogP contribution in [-0.4, -0.2) is 54.9 Å². The molecule has 1 unspecified atom stereocenters. The molecule has 21 heavy (non-hydrogen) atoms. The number of nitrogens with zero attached hydrogens (tertiary/aromatic N) is 2. The van der Waals surface area contributed by atoms with Gasteiger partial charge in [0.05, 0.1) is 13.2 Å². The summed E-state index contributed by atoms with van der Waals surface area (Å²) in [5, 5.41) is 6.59. The highest BCUT2D eigenvalue weighted by atomic mass is 16.6. The molecular formula is C13H19N3O5. The molecule has 2 rings (SSSR count). The second-order valence-corrected chi connectivity index (χ2v) is 4.71. The SMILES string of the molecule is CCOC(=O)N1CCC(NC(=O)c2conc2COC)C1. The van der Waals surface area contributed by atoms with Gasteiger partial charge in [-0.3, -0.25) is 4.79 Å². The number of rotatable bonds is 5. The van der Waals surface area contributed by atoms with Crippen molar-refractivity contribution in [3.8, 4) is 0 Å². The van der Waals surface area contributed by atoms with Gasteiger partial charge in [0.2, 0.25) is 0 Å². The van der Waals surface area contributed by atoms with Crippen LogP contribution in [0.25, 0.3) is 0 Å². The fourth-order valence-corrected chi connectivity index (χ4v) is 2.21. The average Bonchev–Trinajstić information content (AvgIpc) is 3.08. The molecule has 0 radical (unpaired) electrons. The molecular weight excluding hydrogens is 278 g/mol. The molecule has 0 aliphatic carbocycles. The molecule has 1 aliphatic heterocycles. The van der Waals surface area contributed by atoms with Crippen LogP contribution >= 0.6 is 0 Å². The Kier molecular flexibility index (Phi) is 5.15. The minimum absolute atomic E-state index is 0.104. The van der Waals surface area contributed by atoms with Crippen LogP contribution in [0, 0.1) is 0 Å². The molecule has 1 aliphatic rings. The molecule has 1 fully saturated rings. The van der Waals surface area contributed by atoms with Crippen molar-refractivity contribution in [1.29, 1.82) is 0 Å². The molecule has 1 aromatic rings. The number of amides is 2. The maximum Gasteiger partial charge on any atom is 0.409 e. The zero-order valence-corrected chi connectivity index (χ0v) is 12.1. The van der Waals surface area contributed by atoms with Crippen molar-refractivity contribution in [2.45, 2.75) is 26.0 Å². The number of carbonyl (C=O) groups excluding carboxylic acids is 2. The van der Waals surface area contributed by atoms with E-state index in [1.807, 2.05) is 0 Å². The standard InChI is InChI=1S/C13H19N3O5/c1-3-20-13(18)16-5-4-9(6-16)14-12(17)10-7-21-15-11(10)8-19-2/h7,9H,3-6,8H2,1-2H3,(H,14,17). The lowest BCUT2D eigenvalue weighted by Gasteiger charge is -2.16. The first-order valence-corrected chi connectivity index (χ1v) is 6.80. The fraction of sp³-hybridized carbons (Fsp3) is 0.615. The molecule has 8 heteroatoms. The average molecular weight is 297 g/mol. The van der Waals surface area contributed by atoms with E-state index in [1.165, 1.54) is 13.4 Å². The van der Waals surface area contributed by atoms with Crippen molar-refractivity contribution >= 4 is 12.0 Å². The maximum absolute atomic E-state index is 12.2. The molecule has 1 N–H and O–H groups in total. The zero-order valence-electron chi connectivity index (χ0n) is 12.1. The molecule has 0 bridgehead atoms. The minimum Gasteiger partial charge on any atom is -0.450 e. The monoisotopic (exact) mass is 297 g/mol. The summed E-state index contributed by atoms with van der Waals surface area (Å²) in [5.74, 6) is -0.279. The van der Waals surface area contributed by atoms with Crippen LogP contribution < -0.4 is 5.32 Å². The van der Waals surface area contributed by atoms with Crippen molar-refractivity contribution in [2.24, 2.45) is 0 Å². The predicted molar refractivity (Wildman–Crippen MR) is 71.7 cm³/mol. The number of nitrogens with one attached hydrogen (secondary N) is 1. The van der Waals surface area contributed by atoms with Gasteiger partial charge in [-0.25, -0.2) is 4.79 Å². The van der Waals surface area contributed by atoms with Gasteiger partial charge in [-0.2, -0.15) is 0 Å². The number of ether oxygens (including phenoxy) is 2. The van der Waals surface area contributed by atoms with Gasteiger partial charge in [0.25, 0.3) is 5.91 Å². The molecule has 1 aromatic heterocycles. The van der Waals surface area contributed by atoms with Gasteiger partial charge < -0.3 is 24.2 Å². The zero-order chi connectivity index (χ0) is 15.2. The van der Waals surface area contributed by atoms with E-state index >= 15 is 0 Å². The van der Waals surface area contributed by atoms with Crippen LogP contribution in [0.15, 0.2) is 10.8 Å². The van der Waals surface area contributed by atoms with Gasteiger partial charge in [-0.15, -0.1) is 0 Å². The third-order valence-electron chi connectivity index (χ3n) is 3.22. The number of hydrogen-bond donors (Lipinski definition) is 1. The molecule has 2 amide bonds. The predicted octanol–water partition coefficient (Wildman–Crippen LogP) is 0.782. The van der Waals surface area contributed by atoms with E-state index in [-0.39, 0.29) is 24.6 Å². The number of aromatic nitrogens is 1. The lowest BCUT2D eigenvalue weighted by Crippen LogP contribution is -2.38. The molecule has 1 saturated heterocycles. The Labute approximate surface area is 122 Å². The highest BCUT2D eigenvalue weighted by molar-refractivity contribution is 5.95. The van der Waals surface area contributed by atoms with Crippen LogP contribution in [0.1, 0.15) is 29.4 Å². The summed E-state index contributed by atoms with van der Waals surface area (Å²) in [6.45, 7) is 3.32. The van der Waals surface area contributed by atoms with Gasteiger partial charge in [0.1, 0.15) is 17.5 Å². The highest BCUT2D eigenvalue weighted by Crippen LogP contribution is 2.13. The van der Waals surface area contributed by atoms with E-state index < -0.39 is 0 Å². The van der Waals surface area contributed by atoms with Gasteiger partial charge in [0, 0.05) is 26.2 Å². The third-order valence-corrected chi connectivity index (χ3v) is 3.22. The second-order valence-electron chi connectivity index (χ2n) is 4.71. The summed E-state index contributed by atoms with van der Waals surface area (Å²) in [5.41, 5.74) is 0.807. The topological polar surface area (TPSA) is 93.9 Å². The lowest BCUT2D eigenvalue weighted by molar-refractivity contribution is 0.0925. The van der Waals surface area contributed by atoms with E-state index in [9.17, 15) is 9.59 Å². The highest BCUT2D eigenvalue weighted by Gasteiger charge is 2.29. The molecule has 2 heterocycles. The number of hydrogen-bond acceptors (Lipinski definition) is 6. The number of methoxy groups -OCH3 is 1. The molecule has 0 saturated carbocycles. The fourth-order valence-electron chi connectivity index (χ4n) is 2.21. The lowest BCUT2D eigenvalue weighted by atomic mass is 10.2. The Hall–Kier alpha value is -2.09. The van der Waals surface area contributed by atoms with Crippen molar-refractivity contribution in [3.63, 3.8) is 0 Å². The molecule has 1 atom stereocenters. The maximum atomic E-state index is 12.2. The van der Waals surface area contributed by atoms with E-state index in [1.54, 1.807) is 11.8 Å². The Morgan fingerprint density at radius 2 is 2.38 bits per heavy atom. The van der Waals surface area contributed by atoms with Crippen LogP contribution in [-0.2, 0) is 16.1 Å². The second kappa shape index (κ2) is 7.07. The summed E-state index contributed by atoms with van der Waals surface area (Å²) in [7, 11) is 1.52. The summed E-state index contributed by atoms with van der Waals surface area (Å²) >= 11 is 0. The summed E-state index contributed by atoms with van der Waals surface area (Å²) in [6.07, 6.45) is 1.64. The van der Waals surface area contributed by atoms with Crippen molar-refractivity contribution < 1.29 is 23.6 Å². The van der Waals surface area contributed by atoms with Gasteiger partial charge in [-0.05, 0) is 13.3 Å². The Bertz CT molecular complexity index is 502. The number of likely N-dealkylation sites (tertiary alicyclic amines) is 1. The largest absolute Gasteiger partial charge is 0.450 e. The summed E-state index contributed by atoms with van der Waals surface area (Å²) in [4.78, 5) is 25.3. The van der Waals surface area contributed by atoms with Gasteiger partial charge in [0.15, 0.2) is 0 Å². The number of carbonyl (C=O) groups is 2. The Morgan fingerprint density at radius 1 is 1.57 bits per heavy atom. The first-order valence-electron chi connectivity index (χ1n) is 6.80. The Balaban J connectivity index is 1.89. The molecule has 0 spiro atoms. The smallest absolute Gasteiger partial charge is 0.409 e. The van der Waals surface area contributed by atoms with E-state index in [0.29, 0.717) is 37.4 Å². The third kappa shape index (κ3) is 3.72.